The van der Waals surface area contributed by atoms with E-state index in [1.54, 1.807) is 0 Å². The maximum atomic E-state index is 12.1. The summed E-state index contributed by atoms with van der Waals surface area (Å²) in [5.41, 5.74) is 1.17. The number of nitrogens with one attached hydrogen (secondary N) is 2. The first-order valence-corrected chi connectivity index (χ1v) is 8.17. The molecule has 0 atom stereocenters. The molecule has 0 unspecified atom stereocenters. The Morgan fingerprint density at radius 1 is 1.27 bits per heavy atom. The summed E-state index contributed by atoms with van der Waals surface area (Å²) in [5, 5.41) is 3.80. The molecule has 1 aliphatic carbocycles. The highest BCUT2D eigenvalue weighted by atomic mass is 79.9. The van der Waals surface area contributed by atoms with Crippen LogP contribution in [0.5, 0.6) is 0 Å². The molecule has 1 aromatic carbocycles. The first-order valence-electron chi connectivity index (χ1n) is 7.38. The van der Waals surface area contributed by atoms with E-state index in [1.165, 1.54) is 0 Å². The lowest BCUT2D eigenvalue weighted by atomic mass is 10.2. The fraction of sp³-hybridized carbons (Fsp3) is 0.375. The number of halogens is 1. The van der Waals surface area contributed by atoms with Crippen molar-refractivity contribution in [2.45, 2.75) is 31.7 Å². The summed E-state index contributed by atoms with van der Waals surface area (Å²) in [6.07, 6.45) is 4.31. The molecule has 0 spiro atoms. The lowest BCUT2D eigenvalue weighted by molar-refractivity contribution is -0.124. The van der Waals surface area contributed by atoms with Gasteiger partial charge < -0.3 is 15.0 Å². The Labute approximate surface area is 136 Å². The van der Waals surface area contributed by atoms with Crippen LogP contribution in [0.4, 0.5) is 0 Å². The van der Waals surface area contributed by atoms with Crippen LogP contribution in [0.25, 0.3) is 10.9 Å². The van der Waals surface area contributed by atoms with Gasteiger partial charge in [0.25, 0.3) is 5.91 Å². The largest absolute Gasteiger partial charge is 0.451 e. The number of hydrogen-bond acceptors (Lipinski definition) is 3. The molecule has 0 bridgehead atoms. The van der Waals surface area contributed by atoms with E-state index < -0.39 is 5.97 Å². The van der Waals surface area contributed by atoms with Crippen LogP contribution in [0.1, 0.15) is 36.2 Å². The quantitative estimate of drug-likeness (QED) is 0.818. The summed E-state index contributed by atoms with van der Waals surface area (Å²) in [7, 11) is 0. The van der Waals surface area contributed by atoms with Crippen LogP contribution >= 0.6 is 15.9 Å². The number of H-pyrrole nitrogens is 1. The summed E-state index contributed by atoms with van der Waals surface area (Å²) in [5.74, 6) is -0.780. The Hall–Kier alpha value is -1.82. The van der Waals surface area contributed by atoms with Crippen LogP contribution in [0.3, 0.4) is 0 Å². The van der Waals surface area contributed by atoms with Gasteiger partial charge in [0.05, 0.1) is 4.47 Å². The number of rotatable bonds is 4. The highest BCUT2D eigenvalue weighted by molar-refractivity contribution is 9.10. The number of ether oxygens (including phenoxy) is 1. The smallest absolute Gasteiger partial charge is 0.356 e. The summed E-state index contributed by atoms with van der Waals surface area (Å²) in [4.78, 5) is 26.9. The fourth-order valence-electron chi connectivity index (χ4n) is 2.79. The zero-order valence-electron chi connectivity index (χ0n) is 12.0. The van der Waals surface area contributed by atoms with Gasteiger partial charge in [0.2, 0.25) is 0 Å². The standard InChI is InChI=1S/C16H17BrN2O3/c17-14-11-7-3-4-8-12(11)19-15(14)16(21)22-9-13(20)18-10-5-1-2-6-10/h3-4,7-8,10,19H,1-2,5-6,9H2,(H,18,20). The van der Waals surface area contributed by atoms with Crippen LogP contribution in [-0.2, 0) is 9.53 Å². The molecule has 22 heavy (non-hydrogen) atoms. The number of carbonyl (C=O) groups is 2. The van der Waals surface area contributed by atoms with Gasteiger partial charge in [0.15, 0.2) is 6.61 Å². The van der Waals surface area contributed by atoms with Crippen molar-refractivity contribution in [1.82, 2.24) is 10.3 Å². The number of benzene rings is 1. The monoisotopic (exact) mass is 364 g/mol. The molecule has 0 saturated heterocycles. The van der Waals surface area contributed by atoms with E-state index in [0.717, 1.165) is 36.6 Å². The molecule has 1 aromatic heterocycles. The lowest BCUT2D eigenvalue weighted by Gasteiger charge is -2.11. The van der Waals surface area contributed by atoms with Crippen molar-refractivity contribution < 1.29 is 14.3 Å². The lowest BCUT2D eigenvalue weighted by Crippen LogP contribution is -2.35. The Balaban J connectivity index is 1.61. The molecular formula is C16H17BrN2O3. The molecule has 6 heteroatoms. The number of fused-ring (bicyclic) bond motifs is 1. The molecule has 2 N–H and O–H groups in total. The number of carbonyl (C=O) groups excluding carboxylic acids is 2. The third-order valence-corrected chi connectivity index (χ3v) is 4.73. The number of hydrogen-bond donors (Lipinski definition) is 2. The molecule has 3 rings (SSSR count). The van der Waals surface area contributed by atoms with Crippen molar-refractivity contribution in [3.8, 4) is 0 Å². The fourth-order valence-corrected chi connectivity index (χ4v) is 3.40. The van der Waals surface area contributed by atoms with Crippen molar-refractivity contribution in [3.63, 3.8) is 0 Å². The van der Waals surface area contributed by atoms with Crippen molar-refractivity contribution in [2.24, 2.45) is 0 Å². The number of aromatic nitrogens is 1. The van der Waals surface area contributed by atoms with Gasteiger partial charge in [0.1, 0.15) is 5.69 Å². The maximum Gasteiger partial charge on any atom is 0.356 e. The van der Waals surface area contributed by atoms with Gasteiger partial charge in [-0.05, 0) is 34.8 Å². The second-order valence-electron chi connectivity index (χ2n) is 5.48. The topological polar surface area (TPSA) is 71.2 Å². The van der Waals surface area contributed by atoms with Gasteiger partial charge in [0, 0.05) is 16.9 Å². The van der Waals surface area contributed by atoms with Crippen molar-refractivity contribution in [2.75, 3.05) is 6.61 Å². The van der Waals surface area contributed by atoms with E-state index in [1.807, 2.05) is 24.3 Å². The number of para-hydroxylation sites is 1. The summed E-state index contributed by atoms with van der Waals surface area (Å²) >= 11 is 3.40. The summed E-state index contributed by atoms with van der Waals surface area (Å²) in [6, 6.07) is 7.79. The molecule has 0 aliphatic heterocycles. The Kier molecular flexibility index (Phi) is 4.47. The van der Waals surface area contributed by atoms with Crippen LogP contribution in [0.2, 0.25) is 0 Å². The zero-order chi connectivity index (χ0) is 15.5. The van der Waals surface area contributed by atoms with E-state index in [0.29, 0.717) is 10.2 Å². The van der Waals surface area contributed by atoms with E-state index >= 15 is 0 Å². The molecule has 5 nitrogen and oxygen atoms in total. The first-order chi connectivity index (χ1) is 10.6. The molecule has 1 aliphatic rings. The van der Waals surface area contributed by atoms with Gasteiger partial charge in [-0.2, -0.15) is 0 Å². The highest BCUT2D eigenvalue weighted by Crippen LogP contribution is 2.28. The zero-order valence-corrected chi connectivity index (χ0v) is 13.6. The summed E-state index contributed by atoms with van der Waals surface area (Å²) in [6.45, 7) is -0.253. The molecule has 1 saturated carbocycles. The van der Waals surface area contributed by atoms with Crippen LogP contribution < -0.4 is 5.32 Å². The third-order valence-electron chi connectivity index (χ3n) is 3.90. The molecule has 2 aromatic rings. The maximum absolute atomic E-state index is 12.1. The number of amides is 1. The minimum absolute atomic E-state index is 0.228. The second kappa shape index (κ2) is 6.52. The van der Waals surface area contributed by atoms with Gasteiger partial charge in [-0.25, -0.2) is 4.79 Å². The Morgan fingerprint density at radius 3 is 2.73 bits per heavy atom. The molecule has 1 heterocycles. The van der Waals surface area contributed by atoms with Gasteiger partial charge in [-0.1, -0.05) is 31.0 Å². The molecule has 0 radical (unpaired) electrons. The predicted molar refractivity (Wildman–Crippen MR) is 86.7 cm³/mol. The first kappa shape index (κ1) is 15.1. The van der Waals surface area contributed by atoms with Crippen molar-refractivity contribution in [3.05, 3.63) is 34.4 Å². The molecule has 1 amide bonds. The predicted octanol–water partition coefficient (Wildman–Crippen LogP) is 3.15. The van der Waals surface area contributed by atoms with Crippen molar-refractivity contribution in [1.29, 1.82) is 0 Å². The van der Waals surface area contributed by atoms with Crippen LogP contribution in [-0.4, -0.2) is 29.5 Å². The second-order valence-corrected chi connectivity index (χ2v) is 6.28. The van der Waals surface area contributed by atoms with Crippen LogP contribution in [0.15, 0.2) is 28.7 Å². The van der Waals surface area contributed by atoms with E-state index in [2.05, 4.69) is 26.2 Å². The van der Waals surface area contributed by atoms with Crippen LogP contribution in [0, 0.1) is 0 Å². The third kappa shape index (κ3) is 3.16. The number of aromatic amines is 1. The summed E-state index contributed by atoms with van der Waals surface area (Å²) < 4.78 is 5.76. The normalized spacial score (nSPS) is 15.1. The minimum atomic E-state index is -0.537. The average molecular weight is 365 g/mol. The number of esters is 1. The Bertz CT molecular complexity index is 704. The van der Waals surface area contributed by atoms with E-state index in [4.69, 9.17) is 4.74 Å². The average Bonchev–Trinajstić information content (AvgIpc) is 3.13. The van der Waals surface area contributed by atoms with Gasteiger partial charge in [-0.3, -0.25) is 4.79 Å². The molecule has 116 valence electrons. The van der Waals surface area contributed by atoms with Gasteiger partial charge in [-0.15, -0.1) is 0 Å². The highest BCUT2D eigenvalue weighted by Gasteiger charge is 2.20. The van der Waals surface area contributed by atoms with E-state index in [9.17, 15) is 9.59 Å². The molecular weight excluding hydrogens is 348 g/mol. The van der Waals surface area contributed by atoms with Gasteiger partial charge >= 0.3 is 5.97 Å². The minimum Gasteiger partial charge on any atom is -0.451 e. The van der Waals surface area contributed by atoms with Crippen molar-refractivity contribution >= 4 is 38.7 Å². The SMILES string of the molecule is O=C(COC(=O)c1[nH]c2ccccc2c1Br)NC1CCCC1. The molecule has 1 fully saturated rings. The Morgan fingerprint density at radius 2 is 2.00 bits per heavy atom. The van der Waals surface area contributed by atoms with E-state index in [-0.39, 0.29) is 18.6 Å².